The molecule has 3 N–H and O–H groups in total. The van der Waals surface area contributed by atoms with Crippen molar-refractivity contribution in [2.45, 2.75) is 26.2 Å². The summed E-state index contributed by atoms with van der Waals surface area (Å²) in [5, 5.41) is 2.78. The largest absolute Gasteiger partial charge is 0.369 e. The number of anilines is 2. The molecule has 1 heterocycles. The molecule has 0 spiro atoms. The molecule has 6 nitrogen and oxygen atoms in total. The van der Waals surface area contributed by atoms with Crippen LogP contribution in [-0.4, -0.2) is 24.3 Å². The summed E-state index contributed by atoms with van der Waals surface area (Å²) in [5.74, 6) is -1.02. The van der Waals surface area contributed by atoms with Crippen LogP contribution in [-0.2, 0) is 14.4 Å². The van der Waals surface area contributed by atoms with Gasteiger partial charge in [-0.05, 0) is 30.7 Å². The van der Waals surface area contributed by atoms with E-state index in [1.807, 2.05) is 6.92 Å². The van der Waals surface area contributed by atoms with Crippen molar-refractivity contribution in [3.8, 4) is 0 Å². The molecule has 1 aromatic carbocycles. The van der Waals surface area contributed by atoms with Crippen LogP contribution in [0.4, 0.5) is 11.4 Å². The van der Waals surface area contributed by atoms with E-state index >= 15 is 0 Å². The van der Waals surface area contributed by atoms with Gasteiger partial charge in [-0.25, -0.2) is 0 Å². The summed E-state index contributed by atoms with van der Waals surface area (Å²) in [4.78, 5) is 36.1. The van der Waals surface area contributed by atoms with Gasteiger partial charge in [0.2, 0.25) is 17.7 Å². The lowest BCUT2D eigenvalue weighted by atomic mass is 10.1. The molecule has 21 heavy (non-hydrogen) atoms. The van der Waals surface area contributed by atoms with E-state index in [-0.39, 0.29) is 18.2 Å². The first-order valence-corrected chi connectivity index (χ1v) is 7.01. The van der Waals surface area contributed by atoms with Crippen LogP contribution in [0.2, 0.25) is 0 Å². The molecule has 2 rings (SSSR count). The summed E-state index contributed by atoms with van der Waals surface area (Å²) in [6.45, 7) is 2.26. The van der Waals surface area contributed by atoms with Crippen molar-refractivity contribution in [2.24, 2.45) is 11.7 Å². The number of carbonyl (C=O) groups excluding carboxylic acids is 3. The normalized spacial score (nSPS) is 17.9. The van der Waals surface area contributed by atoms with E-state index in [0.29, 0.717) is 24.3 Å². The van der Waals surface area contributed by atoms with Gasteiger partial charge in [0.1, 0.15) is 0 Å². The van der Waals surface area contributed by atoms with Crippen molar-refractivity contribution in [3.63, 3.8) is 0 Å². The zero-order chi connectivity index (χ0) is 15.4. The molecule has 1 atom stereocenters. The van der Waals surface area contributed by atoms with Crippen LogP contribution in [0.25, 0.3) is 0 Å². The monoisotopic (exact) mass is 289 g/mol. The molecule has 1 fully saturated rings. The highest BCUT2D eigenvalue weighted by atomic mass is 16.2. The van der Waals surface area contributed by atoms with Crippen molar-refractivity contribution in [1.82, 2.24) is 0 Å². The highest BCUT2D eigenvalue weighted by molar-refractivity contribution is 6.00. The second-order valence-corrected chi connectivity index (χ2v) is 5.15. The minimum atomic E-state index is -0.450. The lowest BCUT2D eigenvalue weighted by Gasteiger charge is -2.16. The van der Waals surface area contributed by atoms with E-state index in [1.54, 1.807) is 29.2 Å². The average Bonchev–Trinajstić information content (AvgIpc) is 2.82. The van der Waals surface area contributed by atoms with Gasteiger partial charge in [-0.1, -0.05) is 6.92 Å². The van der Waals surface area contributed by atoms with E-state index < -0.39 is 11.8 Å². The molecule has 3 amide bonds. The number of rotatable bonds is 5. The number of hydrogen-bond donors (Lipinski definition) is 2. The van der Waals surface area contributed by atoms with Gasteiger partial charge >= 0.3 is 0 Å². The second-order valence-electron chi connectivity index (χ2n) is 5.15. The Morgan fingerprint density at radius 2 is 2.00 bits per heavy atom. The van der Waals surface area contributed by atoms with Crippen LogP contribution in [0, 0.1) is 5.92 Å². The quantitative estimate of drug-likeness (QED) is 0.854. The van der Waals surface area contributed by atoms with E-state index in [2.05, 4.69) is 5.32 Å². The Labute approximate surface area is 123 Å². The minimum Gasteiger partial charge on any atom is -0.369 e. The fourth-order valence-corrected chi connectivity index (χ4v) is 2.32. The van der Waals surface area contributed by atoms with Gasteiger partial charge in [-0.2, -0.15) is 0 Å². The first kappa shape index (κ1) is 15.0. The molecule has 1 aliphatic heterocycles. The Bertz CT molecular complexity index is 554. The van der Waals surface area contributed by atoms with E-state index in [1.165, 1.54) is 0 Å². The summed E-state index contributed by atoms with van der Waals surface area (Å²) in [7, 11) is 0. The van der Waals surface area contributed by atoms with Gasteiger partial charge in [0.15, 0.2) is 0 Å². The van der Waals surface area contributed by atoms with Crippen LogP contribution in [0.5, 0.6) is 0 Å². The standard InChI is InChI=1S/C15H19N3O3/c1-2-3-13(19)17-11-4-6-12(7-5-11)18-9-10(15(16)21)8-14(18)20/h4-7,10H,2-3,8-9H2,1H3,(H2,16,21)(H,17,19)/t10-/m0/s1. The van der Waals surface area contributed by atoms with Gasteiger partial charge in [0, 0.05) is 30.8 Å². The SMILES string of the molecule is CCCC(=O)Nc1ccc(N2C[C@@H](C(N)=O)CC2=O)cc1. The minimum absolute atomic E-state index is 0.0312. The smallest absolute Gasteiger partial charge is 0.227 e. The molecule has 0 aromatic heterocycles. The molecule has 1 aromatic rings. The van der Waals surface area contributed by atoms with Crippen molar-refractivity contribution in [2.75, 3.05) is 16.8 Å². The third kappa shape index (κ3) is 3.59. The lowest BCUT2D eigenvalue weighted by Crippen LogP contribution is -2.28. The van der Waals surface area contributed by atoms with Crippen molar-refractivity contribution in [1.29, 1.82) is 0 Å². The maximum absolute atomic E-state index is 11.9. The lowest BCUT2D eigenvalue weighted by molar-refractivity contribution is -0.123. The van der Waals surface area contributed by atoms with Gasteiger partial charge < -0.3 is 16.0 Å². The molecule has 0 bridgehead atoms. The number of carbonyl (C=O) groups is 3. The fourth-order valence-electron chi connectivity index (χ4n) is 2.32. The fraction of sp³-hybridized carbons (Fsp3) is 0.400. The molecular weight excluding hydrogens is 270 g/mol. The number of amides is 3. The van der Waals surface area contributed by atoms with E-state index in [9.17, 15) is 14.4 Å². The summed E-state index contributed by atoms with van der Waals surface area (Å²) in [6, 6.07) is 6.99. The Morgan fingerprint density at radius 1 is 1.33 bits per heavy atom. The summed E-state index contributed by atoms with van der Waals surface area (Å²) in [5.41, 5.74) is 6.64. The Hall–Kier alpha value is -2.37. The number of hydrogen-bond acceptors (Lipinski definition) is 3. The van der Waals surface area contributed by atoms with Gasteiger partial charge in [0.05, 0.1) is 5.92 Å². The van der Waals surface area contributed by atoms with Crippen LogP contribution in [0.3, 0.4) is 0 Å². The number of nitrogens with two attached hydrogens (primary N) is 1. The predicted octanol–water partition coefficient (Wildman–Crippen LogP) is 1.26. The zero-order valence-electron chi connectivity index (χ0n) is 12.0. The van der Waals surface area contributed by atoms with Crippen LogP contribution >= 0.6 is 0 Å². The van der Waals surface area contributed by atoms with Crippen LogP contribution in [0.1, 0.15) is 26.2 Å². The molecular formula is C15H19N3O3. The number of nitrogens with zero attached hydrogens (tertiary/aromatic N) is 1. The van der Waals surface area contributed by atoms with E-state index in [0.717, 1.165) is 6.42 Å². The summed E-state index contributed by atoms with van der Waals surface area (Å²) >= 11 is 0. The van der Waals surface area contributed by atoms with E-state index in [4.69, 9.17) is 5.73 Å². The predicted molar refractivity (Wildman–Crippen MR) is 79.6 cm³/mol. The third-order valence-electron chi connectivity index (χ3n) is 3.47. The molecule has 0 radical (unpaired) electrons. The highest BCUT2D eigenvalue weighted by Crippen LogP contribution is 2.26. The number of benzene rings is 1. The maximum atomic E-state index is 11.9. The first-order chi connectivity index (χ1) is 10.0. The average molecular weight is 289 g/mol. The molecule has 0 saturated carbocycles. The molecule has 0 unspecified atom stereocenters. The van der Waals surface area contributed by atoms with Crippen LogP contribution < -0.4 is 16.0 Å². The topological polar surface area (TPSA) is 92.5 Å². The molecule has 1 saturated heterocycles. The summed E-state index contributed by atoms with van der Waals surface area (Å²) < 4.78 is 0. The molecule has 1 aliphatic rings. The van der Waals surface area contributed by atoms with Gasteiger partial charge in [-0.3, -0.25) is 14.4 Å². The summed E-state index contributed by atoms with van der Waals surface area (Å²) in [6.07, 6.45) is 1.43. The maximum Gasteiger partial charge on any atom is 0.227 e. The van der Waals surface area contributed by atoms with Crippen LogP contribution in [0.15, 0.2) is 24.3 Å². The van der Waals surface area contributed by atoms with Crippen molar-refractivity contribution in [3.05, 3.63) is 24.3 Å². The Morgan fingerprint density at radius 3 is 2.52 bits per heavy atom. The van der Waals surface area contributed by atoms with Gasteiger partial charge in [0.25, 0.3) is 0 Å². The zero-order valence-corrected chi connectivity index (χ0v) is 12.0. The molecule has 0 aliphatic carbocycles. The Kier molecular flexibility index (Phi) is 4.57. The van der Waals surface area contributed by atoms with Gasteiger partial charge in [-0.15, -0.1) is 0 Å². The van der Waals surface area contributed by atoms with Crippen molar-refractivity contribution >= 4 is 29.1 Å². The first-order valence-electron chi connectivity index (χ1n) is 7.01. The molecule has 112 valence electrons. The highest BCUT2D eigenvalue weighted by Gasteiger charge is 2.33. The molecule has 6 heteroatoms. The number of nitrogens with one attached hydrogen (secondary N) is 1. The van der Waals surface area contributed by atoms with Crippen molar-refractivity contribution < 1.29 is 14.4 Å². The number of primary amides is 1. The third-order valence-corrected chi connectivity index (χ3v) is 3.47. The second kappa shape index (κ2) is 6.39. The Balaban J connectivity index is 2.04.